The van der Waals surface area contributed by atoms with Gasteiger partial charge in [-0.25, -0.2) is 8.42 Å². The fourth-order valence-electron chi connectivity index (χ4n) is 4.20. The second-order valence-electron chi connectivity index (χ2n) is 7.18. The summed E-state index contributed by atoms with van der Waals surface area (Å²) in [5, 5.41) is 3.20. The van der Waals surface area contributed by atoms with Gasteiger partial charge < -0.3 is 10.1 Å². The van der Waals surface area contributed by atoms with Gasteiger partial charge in [-0.2, -0.15) is 4.31 Å². The van der Waals surface area contributed by atoms with Crippen LogP contribution in [0, 0.1) is 0 Å². The molecule has 138 valence electrons. The van der Waals surface area contributed by atoms with E-state index in [4.69, 9.17) is 4.74 Å². The molecule has 3 heterocycles. The summed E-state index contributed by atoms with van der Waals surface area (Å²) in [6.07, 6.45) is 2.79. The molecule has 0 radical (unpaired) electrons. The molecule has 3 aliphatic heterocycles. The van der Waals surface area contributed by atoms with E-state index in [2.05, 4.69) is 28.4 Å². The Bertz CT molecular complexity index is 716. The molecule has 4 rings (SSSR count). The molecule has 0 amide bonds. The van der Waals surface area contributed by atoms with Crippen molar-refractivity contribution < 1.29 is 13.2 Å². The van der Waals surface area contributed by atoms with Crippen molar-refractivity contribution in [1.82, 2.24) is 9.21 Å². The van der Waals surface area contributed by atoms with Gasteiger partial charge in [0.25, 0.3) is 0 Å². The SMILES string of the molecule is O=S(=O)(C1CCCN(Cc2cccc3c2NCC3)C1)N1CCOCC1. The van der Waals surface area contributed by atoms with Crippen LogP contribution in [0.5, 0.6) is 0 Å². The number of fused-ring (bicyclic) bond motifs is 1. The average molecular weight is 365 g/mol. The zero-order chi connectivity index (χ0) is 17.3. The Morgan fingerprint density at radius 1 is 1.20 bits per heavy atom. The molecule has 1 aromatic carbocycles. The molecule has 7 heteroatoms. The van der Waals surface area contributed by atoms with Gasteiger partial charge in [-0.3, -0.25) is 4.90 Å². The Morgan fingerprint density at radius 2 is 2.04 bits per heavy atom. The molecule has 0 bridgehead atoms. The van der Waals surface area contributed by atoms with Crippen molar-refractivity contribution in [2.75, 3.05) is 51.3 Å². The van der Waals surface area contributed by atoms with Gasteiger partial charge in [-0.15, -0.1) is 0 Å². The Morgan fingerprint density at radius 3 is 2.88 bits per heavy atom. The third-order valence-corrected chi connectivity index (χ3v) is 7.85. The standard InChI is InChI=1S/C18H27N3O3S/c22-25(23,21-9-11-24-12-10-21)17-5-2-8-20(14-17)13-16-4-1-3-15-6-7-19-18(15)16/h1,3-4,17,19H,2,5-14H2. The molecule has 0 saturated carbocycles. The summed E-state index contributed by atoms with van der Waals surface area (Å²) in [6.45, 7) is 5.44. The third-order valence-electron chi connectivity index (χ3n) is 5.54. The zero-order valence-electron chi connectivity index (χ0n) is 14.6. The lowest BCUT2D eigenvalue weighted by Crippen LogP contribution is -2.50. The summed E-state index contributed by atoms with van der Waals surface area (Å²) in [4.78, 5) is 2.31. The summed E-state index contributed by atoms with van der Waals surface area (Å²) >= 11 is 0. The molecule has 1 unspecified atom stereocenters. The summed E-state index contributed by atoms with van der Waals surface area (Å²) in [7, 11) is -3.23. The van der Waals surface area contributed by atoms with Crippen molar-refractivity contribution in [1.29, 1.82) is 0 Å². The predicted molar refractivity (Wildman–Crippen MR) is 98.2 cm³/mol. The van der Waals surface area contributed by atoms with E-state index in [1.165, 1.54) is 16.8 Å². The first-order valence-electron chi connectivity index (χ1n) is 9.28. The molecule has 0 spiro atoms. The van der Waals surface area contributed by atoms with Crippen LogP contribution in [0.25, 0.3) is 0 Å². The van der Waals surface area contributed by atoms with Crippen LogP contribution in [0.4, 0.5) is 5.69 Å². The highest BCUT2D eigenvalue weighted by Gasteiger charge is 2.36. The first-order valence-corrected chi connectivity index (χ1v) is 10.8. The molecular weight excluding hydrogens is 338 g/mol. The molecule has 3 aliphatic rings. The molecule has 1 aromatic rings. The van der Waals surface area contributed by atoms with Gasteiger partial charge >= 0.3 is 0 Å². The number of anilines is 1. The number of likely N-dealkylation sites (tertiary alicyclic amines) is 1. The number of hydrogen-bond acceptors (Lipinski definition) is 5. The van der Waals surface area contributed by atoms with Crippen LogP contribution in [-0.4, -0.2) is 68.8 Å². The number of sulfonamides is 1. The van der Waals surface area contributed by atoms with Crippen LogP contribution in [-0.2, 0) is 27.7 Å². The van der Waals surface area contributed by atoms with Crippen molar-refractivity contribution in [2.24, 2.45) is 0 Å². The van der Waals surface area contributed by atoms with Gasteiger partial charge in [0, 0.05) is 38.4 Å². The minimum Gasteiger partial charge on any atom is -0.384 e. The van der Waals surface area contributed by atoms with E-state index in [1.807, 2.05) is 0 Å². The number of benzene rings is 1. The molecule has 1 N–H and O–H groups in total. The fraction of sp³-hybridized carbons (Fsp3) is 0.667. The Labute approximate surface area is 150 Å². The highest BCUT2D eigenvalue weighted by atomic mass is 32.2. The van der Waals surface area contributed by atoms with Crippen LogP contribution >= 0.6 is 0 Å². The molecule has 25 heavy (non-hydrogen) atoms. The normalized spacial score (nSPS) is 25.5. The van der Waals surface area contributed by atoms with Gasteiger partial charge in [0.1, 0.15) is 0 Å². The van der Waals surface area contributed by atoms with Gasteiger partial charge in [-0.05, 0) is 36.9 Å². The first-order chi connectivity index (χ1) is 12.1. The van der Waals surface area contributed by atoms with Crippen LogP contribution < -0.4 is 5.32 Å². The topological polar surface area (TPSA) is 61.9 Å². The maximum Gasteiger partial charge on any atom is 0.218 e. The fourth-order valence-corrected chi connectivity index (χ4v) is 6.14. The number of nitrogens with one attached hydrogen (secondary N) is 1. The van der Waals surface area contributed by atoms with E-state index in [1.54, 1.807) is 4.31 Å². The van der Waals surface area contributed by atoms with Gasteiger partial charge in [0.15, 0.2) is 0 Å². The molecule has 0 aliphatic carbocycles. The molecular formula is C18H27N3O3S. The number of nitrogens with zero attached hydrogens (tertiary/aromatic N) is 2. The largest absolute Gasteiger partial charge is 0.384 e. The molecule has 2 fully saturated rings. The monoisotopic (exact) mass is 365 g/mol. The van der Waals surface area contributed by atoms with Crippen molar-refractivity contribution in [3.8, 4) is 0 Å². The number of para-hydroxylation sites is 1. The number of hydrogen-bond donors (Lipinski definition) is 1. The zero-order valence-corrected chi connectivity index (χ0v) is 15.4. The van der Waals surface area contributed by atoms with Crippen molar-refractivity contribution >= 4 is 15.7 Å². The second-order valence-corrected chi connectivity index (χ2v) is 9.40. The summed E-state index contributed by atoms with van der Waals surface area (Å²) in [6, 6.07) is 6.46. The summed E-state index contributed by atoms with van der Waals surface area (Å²) < 4.78 is 32.8. The number of rotatable bonds is 4. The minimum absolute atomic E-state index is 0.288. The van der Waals surface area contributed by atoms with Crippen molar-refractivity contribution in [3.63, 3.8) is 0 Å². The lowest BCUT2D eigenvalue weighted by Gasteiger charge is -2.36. The average Bonchev–Trinajstić information content (AvgIpc) is 3.13. The van der Waals surface area contributed by atoms with Crippen molar-refractivity contribution in [3.05, 3.63) is 29.3 Å². The maximum atomic E-state index is 13.0. The van der Waals surface area contributed by atoms with Crippen molar-refractivity contribution in [2.45, 2.75) is 31.1 Å². The Balaban J connectivity index is 1.45. The Hall–Kier alpha value is -1.15. The molecule has 2 saturated heterocycles. The maximum absolute atomic E-state index is 13.0. The van der Waals surface area contributed by atoms with Crippen LogP contribution in [0.2, 0.25) is 0 Å². The van der Waals surface area contributed by atoms with Gasteiger partial charge in [0.2, 0.25) is 10.0 Å². The summed E-state index contributed by atoms with van der Waals surface area (Å²) in [5.41, 5.74) is 3.94. The lowest BCUT2D eigenvalue weighted by molar-refractivity contribution is 0.0719. The van der Waals surface area contributed by atoms with Crippen LogP contribution in [0.1, 0.15) is 24.0 Å². The smallest absolute Gasteiger partial charge is 0.218 e. The summed E-state index contributed by atoms with van der Waals surface area (Å²) in [5.74, 6) is 0. The predicted octanol–water partition coefficient (Wildman–Crippen LogP) is 1.28. The van der Waals surface area contributed by atoms with E-state index in [0.29, 0.717) is 32.8 Å². The Kier molecular flexibility index (Phi) is 4.99. The highest BCUT2D eigenvalue weighted by Crippen LogP contribution is 2.29. The van der Waals surface area contributed by atoms with E-state index >= 15 is 0 Å². The van der Waals surface area contributed by atoms with Gasteiger partial charge in [0.05, 0.1) is 18.5 Å². The van der Waals surface area contributed by atoms with E-state index in [0.717, 1.165) is 38.9 Å². The second kappa shape index (κ2) is 7.23. The molecule has 6 nitrogen and oxygen atoms in total. The first kappa shape index (κ1) is 17.3. The van der Waals surface area contributed by atoms with Crippen LogP contribution in [0.3, 0.4) is 0 Å². The number of piperidine rings is 1. The quantitative estimate of drug-likeness (QED) is 0.871. The van der Waals surface area contributed by atoms with Crippen LogP contribution in [0.15, 0.2) is 18.2 Å². The molecule has 1 atom stereocenters. The van der Waals surface area contributed by atoms with E-state index < -0.39 is 10.0 Å². The number of ether oxygens (including phenoxy) is 1. The van der Waals surface area contributed by atoms with Gasteiger partial charge in [-0.1, -0.05) is 18.2 Å². The van der Waals surface area contributed by atoms with E-state index in [9.17, 15) is 8.42 Å². The molecule has 0 aromatic heterocycles. The van der Waals surface area contributed by atoms with E-state index in [-0.39, 0.29) is 5.25 Å². The lowest BCUT2D eigenvalue weighted by atomic mass is 10.1. The highest BCUT2D eigenvalue weighted by molar-refractivity contribution is 7.89. The third kappa shape index (κ3) is 3.56. The minimum atomic E-state index is -3.23. The number of morpholine rings is 1.